The molecule has 0 spiro atoms. The highest BCUT2D eigenvalue weighted by atomic mass is 32.1. The molecule has 1 fully saturated rings. The molecule has 0 bridgehead atoms. The van der Waals surface area contributed by atoms with Crippen LogP contribution in [-0.4, -0.2) is 28.4 Å². The van der Waals surface area contributed by atoms with Crippen LogP contribution in [0.2, 0.25) is 0 Å². The molecule has 2 N–H and O–H groups in total. The zero-order chi connectivity index (χ0) is 14.1. The fourth-order valence-electron chi connectivity index (χ4n) is 2.76. The summed E-state index contributed by atoms with van der Waals surface area (Å²) >= 11 is 8.25. The lowest BCUT2D eigenvalue weighted by molar-refractivity contribution is 0.0720. The van der Waals surface area contributed by atoms with Gasteiger partial charge >= 0.3 is 0 Å². The second kappa shape index (κ2) is 5.79. The molecule has 1 saturated carbocycles. The highest BCUT2D eigenvalue weighted by Gasteiger charge is 2.28. The lowest BCUT2D eigenvalue weighted by atomic mass is 10.2. The number of hydrogen-bond acceptors (Lipinski definition) is 4. The van der Waals surface area contributed by atoms with Crippen molar-refractivity contribution < 1.29 is 4.79 Å². The number of thiocarbonyl (C=S) groups is 1. The summed E-state index contributed by atoms with van der Waals surface area (Å²) in [5, 5.41) is 2.05. The van der Waals surface area contributed by atoms with Crippen molar-refractivity contribution in [2.75, 3.05) is 6.54 Å². The first-order valence-corrected chi connectivity index (χ1v) is 8.82. The first-order valence-electron chi connectivity index (χ1n) is 6.71. The average Bonchev–Trinajstić information content (AvgIpc) is 3.09. The van der Waals surface area contributed by atoms with Crippen molar-refractivity contribution in [2.45, 2.75) is 31.7 Å². The minimum atomic E-state index is 0.0816. The largest absolute Gasteiger partial charge is 0.392 e. The van der Waals surface area contributed by atoms with Crippen molar-refractivity contribution in [1.29, 1.82) is 0 Å². The van der Waals surface area contributed by atoms with Gasteiger partial charge in [0.05, 0.1) is 16.4 Å². The Hall–Kier alpha value is -0.980. The van der Waals surface area contributed by atoms with E-state index in [4.69, 9.17) is 18.0 Å². The van der Waals surface area contributed by atoms with E-state index in [0.717, 1.165) is 17.7 Å². The molecule has 6 heteroatoms. The maximum atomic E-state index is 12.8. The van der Waals surface area contributed by atoms with Gasteiger partial charge in [-0.2, -0.15) is 0 Å². The van der Waals surface area contributed by atoms with Crippen molar-refractivity contribution in [3.63, 3.8) is 0 Å². The summed E-state index contributed by atoms with van der Waals surface area (Å²) in [7, 11) is 0. The number of carbonyl (C=O) groups excluding carboxylic acids is 1. The normalized spacial score (nSPS) is 15.8. The van der Waals surface area contributed by atoms with Gasteiger partial charge in [0, 0.05) is 15.4 Å². The molecule has 0 unspecified atom stereocenters. The van der Waals surface area contributed by atoms with Gasteiger partial charge in [-0.1, -0.05) is 25.1 Å². The number of hydrogen-bond donors (Lipinski definition) is 1. The molecule has 2 aromatic heterocycles. The molecule has 0 atom stereocenters. The molecule has 3 rings (SSSR count). The van der Waals surface area contributed by atoms with E-state index in [-0.39, 0.29) is 5.91 Å². The summed E-state index contributed by atoms with van der Waals surface area (Å²) in [6.45, 7) is 0.393. The first-order chi connectivity index (χ1) is 9.65. The molecule has 1 amide bonds. The summed E-state index contributed by atoms with van der Waals surface area (Å²) in [6, 6.07) is 4.35. The van der Waals surface area contributed by atoms with Gasteiger partial charge in [-0.15, -0.1) is 22.7 Å². The Kier molecular flexibility index (Phi) is 4.05. The molecule has 0 aliphatic heterocycles. The molecular formula is C14H16N2OS3. The van der Waals surface area contributed by atoms with E-state index in [9.17, 15) is 4.79 Å². The second-order valence-electron chi connectivity index (χ2n) is 5.10. The fourth-order valence-corrected chi connectivity index (χ4v) is 4.97. The second-order valence-corrected chi connectivity index (χ2v) is 7.65. The number of fused-ring (bicyclic) bond motifs is 1. The third-order valence-electron chi connectivity index (χ3n) is 3.70. The van der Waals surface area contributed by atoms with Gasteiger partial charge in [-0.3, -0.25) is 4.79 Å². The number of nitrogens with two attached hydrogens (primary N) is 1. The lowest BCUT2D eigenvalue weighted by Gasteiger charge is -2.28. The Morgan fingerprint density at radius 1 is 1.40 bits per heavy atom. The molecule has 0 saturated heterocycles. The lowest BCUT2D eigenvalue weighted by Crippen LogP contribution is -2.43. The highest BCUT2D eigenvalue weighted by Crippen LogP contribution is 2.32. The number of carbonyl (C=O) groups is 1. The van der Waals surface area contributed by atoms with E-state index in [1.54, 1.807) is 22.7 Å². The molecule has 2 heterocycles. The molecule has 2 aromatic rings. The first kappa shape index (κ1) is 14.0. The molecule has 0 radical (unpaired) electrons. The number of rotatable bonds is 4. The minimum absolute atomic E-state index is 0.0816. The minimum Gasteiger partial charge on any atom is -0.392 e. The van der Waals surface area contributed by atoms with Gasteiger partial charge in [0.2, 0.25) is 0 Å². The van der Waals surface area contributed by atoms with Crippen molar-refractivity contribution in [2.24, 2.45) is 5.73 Å². The Balaban J connectivity index is 1.86. The number of amides is 1. The number of thiophene rings is 2. The third-order valence-corrected chi connectivity index (χ3v) is 5.91. The summed E-state index contributed by atoms with van der Waals surface area (Å²) in [5.41, 5.74) is 5.67. The van der Waals surface area contributed by atoms with Crippen LogP contribution < -0.4 is 5.73 Å². The maximum absolute atomic E-state index is 12.8. The van der Waals surface area contributed by atoms with Crippen LogP contribution in [0, 0.1) is 0 Å². The van der Waals surface area contributed by atoms with Crippen molar-refractivity contribution in [1.82, 2.24) is 4.90 Å². The zero-order valence-corrected chi connectivity index (χ0v) is 13.5. The van der Waals surface area contributed by atoms with Gasteiger partial charge < -0.3 is 10.6 Å². The predicted octanol–water partition coefficient (Wildman–Crippen LogP) is 3.63. The van der Waals surface area contributed by atoms with Crippen LogP contribution in [0.1, 0.15) is 35.4 Å². The molecule has 106 valence electrons. The Labute approximate surface area is 131 Å². The van der Waals surface area contributed by atoms with Crippen LogP contribution in [0.15, 0.2) is 17.5 Å². The fraction of sp³-hybridized carbons (Fsp3) is 0.429. The van der Waals surface area contributed by atoms with Crippen LogP contribution in [0.5, 0.6) is 0 Å². The standard InChI is InChI=1S/C14H16N2OS3/c15-13(18)8-16(9-3-1-2-4-9)14(17)12-7-11-10(20-12)5-6-19-11/h5-7,9H,1-4,8H2,(H2,15,18). The van der Waals surface area contributed by atoms with Crippen LogP contribution >= 0.6 is 34.9 Å². The Bertz CT molecular complexity index is 611. The smallest absolute Gasteiger partial charge is 0.264 e. The van der Waals surface area contributed by atoms with Gasteiger partial charge in [-0.05, 0) is 30.4 Å². The molecule has 0 aromatic carbocycles. The van der Waals surface area contributed by atoms with Crippen LogP contribution in [0.4, 0.5) is 0 Å². The molecule has 1 aliphatic carbocycles. The van der Waals surface area contributed by atoms with Gasteiger partial charge in [0.1, 0.15) is 0 Å². The molecule has 1 aliphatic rings. The number of nitrogens with zero attached hydrogens (tertiary/aromatic N) is 1. The predicted molar refractivity (Wildman–Crippen MR) is 89.8 cm³/mol. The molecule has 3 nitrogen and oxygen atoms in total. The quantitative estimate of drug-likeness (QED) is 0.874. The van der Waals surface area contributed by atoms with Crippen LogP contribution in [0.3, 0.4) is 0 Å². The van der Waals surface area contributed by atoms with E-state index in [0.29, 0.717) is 17.6 Å². The van der Waals surface area contributed by atoms with Gasteiger partial charge in [0.25, 0.3) is 5.91 Å². The molecular weight excluding hydrogens is 308 g/mol. The SMILES string of the molecule is NC(=S)CN(C(=O)c1cc2sccc2s1)C1CCCC1. The van der Waals surface area contributed by atoms with E-state index in [2.05, 4.69) is 11.4 Å². The van der Waals surface area contributed by atoms with E-state index >= 15 is 0 Å². The monoisotopic (exact) mass is 324 g/mol. The summed E-state index contributed by atoms with van der Waals surface area (Å²) in [5.74, 6) is 0.0816. The van der Waals surface area contributed by atoms with Crippen LogP contribution in [-0.2, 0) is 0 Å². The summed E-state index contributed by atoms with van der Waals surface area (Å²) in [4.78, 5) is 15.8. The van der Waals surface area contributed by atoms with Crippen molar-refractivity contribution >= 4 is 55.2 Å². The van der Waals surface area contributed by atoms with E-state index in [1.165, 1.54) is 22.2 Å². The van der Waals surface area contributed by atoms with Gasteiger partial charge in [0.15, 0.2) is 0 Å². The van der Waals surface area contributed by atoms with E-state index in [1.807, 2.05) is 11.0 Å². The third kappa shape index (κ3) is 2.73. The Morgan fingerprint density at radius 3 is 2.80 bits per heavy atom. The summed E-state index contributed by atoms with van der Waals surface area (Å²) < 4.78 is 2.36. The zero-order valence-electron chi connectivity index (χ0n) is 11.0. The maximum Gasteiger partial charge on any atom is 0.264 e. The van der Waals surface area contributed by atoms with Gasteiger partial charge in [-0.25, -0.2) is 0 Å². The molecule has 20 heavy (non-hydrogen) atoms. The van der Waals surface area contributed by atoms with Crippen molar-refractivity contribution in [3.05, 3.63) is 22.4 Å². The van der Waals surface area contributed by atoms with Crippen molar-refractivity contribution in [3.8, 4) is 0 Å². The summed E-state index contributed by atoms with van der Waals surface area (Å²) in [6.07, 6.45) is 4.50. The topological polar surface area (TPSA) is 46.3 Å². The Morgan fingerprint density at radius 2 is 2.15 bits per heavy atom. The average molecular weight is 324 g/mol. The van der Waals surface area contributed by atoms with E-state index < -0.39 is 0 Å². The van der Waals surface area contributed by atoms with Crippen LogP contribution in [0.25, 0.3) is 9.40 Å². The highest BCUT2D eigenvalue weighted by molar-refractivity contribution is 7.80.